The molecule has 3 heterocycles. The smallest absolute Gasteiger partial charge is 0.127 e. The molecule has 1 fully saturated rings. The first-order valence-electron chi connectivity index (χ1n) is 15.0. The molecule has 0 saturated carbocycles. The van der Waals surface area contributed by atoms with Crippen LogP contribution in [0.4, 0.5) is 0 Å². The van der Waals surface area contributed by atoms with E-state index < -0.39 is 0 Å². The minimum absolute atomic E-state index is 0.202. The van der Waals surface area contributed by atoms with E-state index in [1.54, 1.807) is 0 Å². The largest absolute Gasteiger partial charge is 0.489 e. The van der Waals surface area contributed by atoms with E-state index in [-0.39, 0.29) is 6.10 Å². The summed E-state index contributed by atoms with van der Waals surface area (Å²) in [4.78, 5) is 7.54. The third kappa shape index (κ3) is 6.91. The molecule has 3 aliphatic heterocycles. The first kappa shape index (κ1) is 27.3. The highest BCUT2D eigenvalue weighted by molar-refractivity contribution is 5.97. The molecule has 5 nitrogen and oxygen atoms in total. The summed E-state index contributed by atoms with van der Waals surface area (Å²) in [7, 11) is 0. The van der Waals surface area contributed by atoms with E-state index in [4.69, 9.17) is 19.2 Å². The Morgan fingerprint density at radius 2 is 1.95 bits per heavy atom. The van der Waals surface area contributed by atoms with Gasteiger partial charge in [-0.15, -0.1) is 0 Å². The minimum atomic E-state index is 0.202. The average Bonchev–Trinajstić information content (AvgIpc) is 3.44. The SMILES string of the molecule is CC1=C2CN(CCc3cc(OCC4=CCC=CC=C4)ccc32)C(=NCC2CCCCO2)C=C1OCc1ccccc1. The lowest BCUT2D eigenvalue weighted by Gasteiger charge is -2.24. The Kier molecular flexibility index (Phi) is 8.82. The van der Waals surface area contributed by atoms with E-state index in [1.807, 2.05) is 6.07 Å². The van der Waals surface area contributed by atoms with Crippen molar-refractivity contribution in [3.05, 3.63) is 119 Å². The van der Waals surface area contributed by atoms with Gasteiger partial charge in [0.1, 0.15) is 30.6 Å². The lowest BCUT2D eigenvalue weighted by atomic mass is 9.94. The quantitative estimate of drug-likeness (QED) is 0.349. The van der Waals surface area contributed by atoms with Crippen molar-refractivity contribution < 1.29 is 14.2 Å². The van der Waals surface area contributed by atoms with E-state index in [9.17, 15) is 0 Å². The minimum Gasteiger partial charge on any atom is -0.489 e. The van der Waals surface area contributed by atoms with Gasteiger partial charge in [-0.1, -0.05) is 66.8 Å². The molecule has 1 aliphatic carbocycles. The molecule has 0 aromatic heterocycles. The highest BCUT2D eigenvalue weighted by Gasteiger charge is 2.27. The van der Waals surface area contributed by atoms with Crippen LogP contribution in [0.3, 0.4) is 0 Å². The number of amidine groups is 1. The second-order valence-corrected chi connectivity index (χ2v) is 11.2. The van der Waals surface area contributed by atoms with E-state index in [0.717, 1.165) is 68.3 Å². The molecule has 2 aromatic rings. The second kappa shape index (κ2) is 13.2. The molecule has 1 saturated heterocycles. The number of aliphatic imine (C=N–C) groups is 1. The molecule has 4 aliphatic rings. The van der Waals surface area contributed by atoms with Crippen LogP contribution < -0.4 is 4.74 Å². The van der Waals surface area contributed by atoms with Crippen molar-refractivity contribution in [1.29, 1.82) is 0 Å². The maximum Gasteiger partial charge on any atom is 0.127 e. The molecule has 0 radical (unpaired) electrons. The van der Waals surface area contributed by atoms with E-state index in [1.165, 1.54) is 34.3 Å². The van der Waals surface area contributed by atoms with Crippen molar-refractivity contribution in [3.8, 4) is 5.75 Å². The molecule has 0 amide bonds. The number of fused-ring (bicyclic) bond motifs is 4. The summed E-state index contributed by atoms with van der Waals surface area (Å²) in [5.74, 6) is 2.79. The molecule has 0 spiro atoms. The number of benzene rings is 2. The summed E-state index contributed by atoms with van der Waals surface area (Å²) in [6, 6.07) is 16.9. The van der Waals surface area contributed by atoms with Gasteiger partial charge in [0.25, 0.3) is 0 Å². The Labute approximate surface area is 244 Å². The van der Waals surface area contributed by atoms with Gasteiger partial charge in [0.05, 0.1) is 12.6 Å². The molecule has 212 valence electrons. The Hall–Kier alpha value is -3.83. The van der Waals surface area contributed by atoms with Gasteiger partial charge >= 0.3 is 0 Å². The van der Waals surface area contributed by atoms with Gasteiger partial charge in [0.15, 0.2) is 0 Å². The lowest BCUT2D eigenvalue weighted by Crippen LogP contribution is -2.32. The molecule has 6 rings (SSSR count). The molecular weight excluding hydrogens is 508 g/mol. The molecule has 41 heavy (non-hydrogen) atoms. The summed E-state index contributed by atoms with van der Waals surface area (Å²) in [5, 5.41) is 0. The van der Waals surface area contributed by atoms with Crippen LogP contribution in [0.25, 0.3) is 5.57 Å². The first-order chi connectivity index (χ1) is 20.2. The van der Waals surface area contributed by atoms with E-state index >= 15 is 0 Å². The summed E-state index contributed by atoms with van der Waals surface area (Å²) in [6.07, 6.45) is 18.4. The third-order valence-electron chi connectivity index (χ3n) is 8.26. The van der Waals surface area contributed by atoms with Gasteiger partial charge in [0, 0.05) is 25.8 Å². The summed E-state index contributed by atoms with van der Waals surface area (Å²) >= 11 is 0. The molecule has 2 bridgehead atoms. The molecular formula is C36H40N2O3. The Morgan fingerprint density at radius 1 is 1.02 bits per heavy atom. The second-order valence-electron chi connectivity index (χ2n) is 11.2. The fourth-order valence-electron chi connectivity index (χ4n) is 5.83. The summed E-state index contributed by atoms with van der Waals surface area (Å²) in [5.41, 5.74) is 7.41. The van der Waals surface area contributed by atoms with Crippen LogP contribution in [0.2, 0.25) is 0 Å². The van der Waals surface area contributed by atoms with Crippen molar-refractivity contribution >= 4 is 11.4 Å². The van der Waals surface area contributed by atoms with Crippen LogP contribution >= 0.6 is 0 Å². The van der Waals surface area contributed by atoms with Crippen molar-refractivity contribution in [2.45, 2.75) is 51.7 Å². The molecule has 2 aromatic carbocycles. The zero-order valence-corrected chi connectivity index (χ0v) is 24.1. The molecule has 1 unspecified atom stereocenters. The van der Waals surface area contributed by atoms with Gasteiger partial charge in [-0.2, -0.15) is 0 Å². The number of rotatable bonds is 8. The Morgan fingerprint density at radius 3 is 2.83 bits per heavy atom. The van der Waals surface area contributed by atoms with Crippen LogP contribution in [0, 0.1) is 0 Å². The predicted octanol–water partition coefficient (Wildman–Crippen LogP) is 7.22. The van der Waals surface area contributed by atoms with Gasteiger partial charge < -0.3 is 19.1 Å². The summed E-state index contributed by atoms with van der Waals surface area (Å²) < 4.78 is 18.8. The van der Waals surface area contributed by atoms with E-state index in [0.29, 0.717) is 19.8 Å². The fourth-order valence-corrected chi connectivity index (χ4v) is 5.83. The topological polar surface area (TPSA) is 43.3 Å². The van der Waals surface area contributed by atoms with Crippen LogP contribution in [0.15, 0.2) is 107 Å². The zero-order chi connectivity index (χ0) is 27.9. The number of hydrogen-bond acceptors (Lipinski definition) is 4. The maximum absolute atomic E-state index is 6.51. The van der Waals surface area contributed by atoms with Crippen molar-refractivity contribution in [3.63, 3.8) is 0 Å². The summed E-state index contributed by atoms with van der Waals surface area (Å²) in [6.45, 7) is 6.52. The molecule has 0 N–H and O–H groups in total. The zero-order valence-electron chi connectivity index (χ0n) is 24.1. The molecule has 1 atom stereocenters. The first-order valence-corrected chi connectivity index (χ1v) is 15.0. The maximum atomic E-state index is 6.51. The van der Waals surface area contributed by atoms with Crippen LogP contribution in [0.1, 0.15) is 49.3 Å². The standard InChI is InChI=1S/C36H40N2O3/c1-27-34-24-38(19-18-30-21-31(16-17-33(30)34)40-25-28-11-5-2-3-6-12-28)36(37-23-32-15-9-10-20-39-32)22-35(27)41-26-29-13-7-4-8-14-29/h2-5,7-8,11-14,16-17,21-22,32H,6,9-10,15,18-20,23-26H2,1H3. The van der Waals surface area contributed by atoms with Gasteiger partial charge in [-0.3, -0.25) is 4.99 Å². The number of nitrogens with zero attached hydrogens (tertiary/aromatic N) is 2. The number of ether oxygens (including phenoxy) is 3. The number of hydrogen-bond donors (Lipinski definition) is 0. The van der Waals surface area contributed by atoms with Gasteiger partial charge in [-0.25, -0.2) is 0 Å². The highest BCUT2D eigenvalue weighted by atomic mass is 16.5. The highest BCUT2D eigenvalue weighted by Crippen LogP contribution is 2.35. The van der Waals surface area contributed by atoms with Gasteiger partial charge in [-0.05, 0) is 84.6 Å². The van der Waals surface area contributed by atoms with E-state index in [2.05, 4.69) is 90.7 Å². The van der Waals surface area contributed by atoms with Gasteiger partial charge in [0.2, 0.25) is 0 Å². The van der Waals surface area contributed by atoms with Crippen LogP contribution in [0.5, 0.6) is 5.75 Å². The fraction of sp³-hybridized carbons (Fsp3) is 0.361. The Balaban J connectivity index is 1.28. The Bertz CT molecular complexity index is 1410. The van der Waals surface area contributed by atoms with Crippen molar-refractivity contribution in [2.24, 2.45) is 4.99 Å². The van der Waals surface area contributed by atoms with Crippen molar-refractivity contribution in [1.82, 2.24) is 4.90 Å². The molecule has 5 heteroatoms. The van der Waals surface area contributed by atoms with Crippen molar-refractivity contribution in [2.75, 3.05) is 32.8 Å². The number of allylic oxidation sites excluding steroid dienone is 5. The predicted molar refractivity (Wildman–Crippen MR) is 166 cm³/mol. The third-order valence-corrected chi connectivity index (χ3v) is 8.26. The average molecular weight is 549 g/mol. The van der Waals surface area contributed by atoms with Crippen LogP contribution in [-0.4, -0.2) is 49.7 Å². The van der Waals surface area contributed by atoms with Crippen LogP contribution in [-0.2, 0) is 22.5 Å². The monoisotopic (exact) mass is 548 g/mol. The lowest BCUT2D eigenvalue weighted by molar-refractivity contribution is 0.0224. The normalized spacial score (nSPS) is 21.4.